The van der Waals surface area contributed by atoms with Gasteiger partial charge in [-0.2, -0.15) is 0 Å². The summed E-state index contributed by atoms with van der Waals surface area (Å²) in [7, 11) is 0. The van der Waals surface area contributed by atoms with Gasteiger partial charge in [-0.15, -0.1) is 16.8 Å². The van der Waals surface area contributed by atoms with Crippen LogP contribution in [-0.2, 0) is 9.59 Å². The third-order valence-corrected chi connectivity index (χ3v) is 8.35. The lowest BCUT2D eigenvalue weighted by atomic mass is 10.1. The van der Waals surface area contributed by atoms with Crippen molar-refractivity contribution in [3.8, 4) is 34.1 Å². The van der Waals surface area contributed by atoms with Crippen molar-refractivity contribution >= 4 is 46.7 Å². The molecule has 46 heavy (non-hydrogen) atoms. The lowest BCUT2D eigenvalue weighted by molar-refractivity contribution is -0.120. The Morgan fingerprint density at radius 3 is 2.22 bits per heavy atom. The SMILES string of the molecule is C=CCC(Sc1n[nH]c(-c2ccoc2)n1)C(=O)Nc1ccc(-c2cc(-c3nc(SC(O)C(=O)Nc4ccccc4)n[nH]3)co2)cc1. The van der Waals surface area contributed by atoms with E-state index in [4.69, 9.17) is 8.83 Å². The molecule has 0 saturated heterocycles. The molecule has 6 aromatic rings. The normalized spacial score (nSPS) is 12.4. The lowest BCUT2D eigenvalue weighted by Crippen LogP contribution is -2.24. The number of H-pyrrole nitrogens is 2. The number of thioether (sulfide) groups is 2. The monoisotopic (exact) mass is 654 g/mol. The highest BCUT2D eigenvalue weighted by atomic mass is 32.2. The quantitative estimate of drug-likeness (QED) is 0.0572. The van der Waals surface area contributed by atoms with Crippen molar-refractivity contribution in [2.75, 3.05) is 10.6 Å². The van der Waals surface area contributed by atoms with Gasteiger partial charge in [-0.05, 0) is 66.7 Å². The molecule has 0 radical (unpaired) electrons. The molecular weight excluding hydrogens is 629 g/mol. The van der Waals surface area contributed by atoms with Crippen LogP contribution in [0.4, 0.5) is 11.4 Å². The van der Waals surface area contributed by atoms with E-state index in [0.717, 1.165) is 22.9 Å². The summed E-state index contributed by atoms with van der Waals surface area (Å²) >= 11 is 2.04. The average Bonchev–Trinajstić information content (AvgIpc) is 3.89. The number of nitrogens with zero attached hydrogens (tertiary/aromatic N) is 4. The van der Waals surface area contributed by atoms with Gasteiger partial charge in [0.05, 0.1) is 22.6 Å². The number of furan rings is 2. The smallest absolute Gasteiger partial charge is 0.264 e. The molecule has 0 aliphatic heterocycles. The molecule has 4 aromatic heterocycles. The van der Waals surface area contributed by atoms with E-state index in [1.807, 2.05) is 18.2 Å². The highest BCUT2D eigenvalue weighted by Crippen LogP contribution is 2.30. The van der Waals surface area contributed by atoms with Crippen LogP contribution in [0.2, 0.25) is 0 Å². The molecule has 2 unspecified atom stereocenters. The number of anilines is 2. The maximum absolute atomic E-state index is 13.1. The number of aliphatic hydroxyl groups is 1. The maximum Gasteiger partial charge on any atom is 0.264 e. The largest absolute Gasteiger partial charge is 0.472 e. The van der Waals surface area contributed by atoms with Crippen LogP contribution in [-0.4, -0.2) is 58.0 Å². The van der Waals surface area contributed by atoms with Crippen LogP contribution in [0.5, 0.6) is 0 Å². The second kappa shape index (κ2) is 14.2. The van der Waals surface area contributed by atoms with Crippen LogP contribution >= 0.6 is 23.5 Å². The van der Waals surface area contributed by atoms with Crippen molar-refractivity contribution in [2.24, 2.45) is 0 Å². The maximum atomic E-state index is 13.1. The van der Waals surface area contributed by atoms with Gasteiger partial charge in [0.1, 0.15) is 18.3 Å². The van der Waals surface area contributed by atoms with Gasteiger partial charge < -0.3 is 24.6 Å². The molecule has 2 aromatic carbocycles. The van der Waals surface area contributed by atoms with Crippen LogP contribution in [0, 0.1) is 0 Å². The third-order valence-electron chi connectivity index (χ3n) is 6.44. The van der Waals surface area contributed by atoms with Crippen LogP contribution in [0.15, 0.2) is 117 Å². The molecule has 0 aliphatic carbocycles. The summed E-state index contributed by atoms with van der Waals surface area (Å²) in [6.45, 7) is 3.78. The molecule has 2 amide bonds. The molecule has 6 rings (SSSR count). The predicted octanol–water partition coefficient (Wildman–Crippen LogP) is 5.83. The summed E-state index contributed by atoms with van der Waals surface area (Å²) in [5, 5.41) is 30.0. The van der Waals surface area contributed by atoms with Gasteiger partial charge in [0.15, 0.2) is 17.1 Å². The first-order chi connectivity index (χ1) is 22.4. The third kappa shape index (κ3) is 7.46. The summed E-state index contributed by atoms with van der Waals surface area (Å²) in [4.78, 5) is 34.2. The fraction of sp³-hybridized carbons (Fsp3) is 0.0968. The fourth-order valence-corrected chi connectivity index (χ4v) is 5.68. The van der Waals surface area contributed by atoms with E-state index >= 15 is 0 Å². The van der Waals surface area contributed by atoms with E-state index in [-0.39, 0.29) is 11.1 Å². The number of amides is 2. The van der Waals surface area contributed by atoms with E-state index in [1.54, 1.807) is 67.1 Å². The highest BCUT2D eigenvalue weighted by Gasteiger charge is 2.22. The Labute approximate surface area is 270 Å². The van der Waals surface area contributed by atoms with Gasteiger partial charge in [0, 0.05) is 16.9 Å². The van der Waals surface area contributed by atoms with E-state index in [2.05, 4.69) is 47.6 Å². The van der Waals surface area contributed by atoms with E-state index in [9.17, 15) is 14.7 Å². The number of para-hydroxylation sites is 1. The Bertz CT molecular complexity index is 1920. The molecular formula is C31H26N8O5S2. The number of aromatic nitrogens is 6. The van der Waals surface area contributed by atoms with E-state index < -0.39 is 16.6 Å². The number of aromatic amines is 2. The van der Waals surface area contributed by atoms with Crippen LogP contribution in [0.1, 0.15) is 6.42 Å². The first-order valence-corrected chi connectivity index (χ1v) is 15.6. The van der Waals surface area contributed by atoms with Gasteiger partial charge in [0.2, 0.25) is 16.2 Å². The van der Waals surface area contributed by atoms with Crippen LogP contribution in [0.25, 0.3) is 34.1 Å². The number of nitrogens with one attached hydrogen (secondary N) is 4. The zero-order chi connectivity index (χ0) is 31.9. The molecule has 15 heteroatoms. The Hall–Kier alpha value is -5.38. The molecule has 0 aliphatic rings. The molecule has 0 saturated carbocycles. The minimum Gasteiger partial charge on any atom is -0.472 e. The predicted molar refractivity (Wildman–Crippen MR) is 174 cm³/mol. The molecule has 232 valence electrons. The molecule has 4 heterocycles. The van der Waals surface area contributed by atoms with Crippen molar-refractivity contribution in [2.45, 2.75) is 27.4 Å². The number of benzene rings is 2. The van der Waals surface area contributed by atoms with Crippen molar-refractivity contribution in [3.05, 3.63) is 98.2 Å². The molecule has 0 bridgehead atoms. The van der Waals surface area contributed by atoms with Crippen molar-refractivity contribution in [3.63, 3.8) is 0 Å². The first-order valence-electron chi connectivity index (χ1n) is 13.8. The Balaban J connectivity index is 1.05. The number of aliphatic hydroxyl groups excluding tert-OH is 1. The fourth-order valence-electron chi connectivity index (χ4n) is 4.17. The van der Waals surface area contributed by atoms with Crippen LogP contribution in [0.3, 0.4) is 0 Å². The van der Waals surface area contributed by atoms with Gasteiger partial charge in [-0.1, -0.05) is 36.0 Å². The molecule has 2 atom stereocenters. The second-order valence-corrected chi connectivity index (χ2v) is 11.9. The molecule has 13 nitrogen and oxygen atoms in total. The molecule has 0 fully saturated rings. The van der Waals surface area contributed by atoms with Crippen LogP contribution < -0.4 is 10.6 Å². The first kappa shape index (κ1) is 30.6. The number of allylic oxidation sites excluding steroid dienone is 1. The van der Waals surface area contributed by atoms with Gasteiger partial charge in [-0.3, -0.25) is 19.8 Å². The number of hydrogen-bond acceptors (Lipinski definition) is 11. The van der Waals surface area contributed by atoms with Crippen molar-refractivity contribution in [1.29, 1.82) is 0 Å². The van der Waals surface area contributed by atoms with Crippen molar-refractivity contribution < 1.29 is 23.5 Å². The zero-order valence-corrected chi connectivity index (χ0v) is 25.5. The van der Waals surface area contributed by atoms with Gasteiger partial charge in [0.25, 0.3) is 5.91 Å². The Morgan fingerprint density at radius 2 is 1.52 bits per heavy atom. The average molecular weight is 655 g/mol. The standard InChI is InChI=1S/C31H26N8O5S2/c1-2-6-24(45-30-34-25(36-38-30)19-13-14-43-16-19)27(40)32-22-11-9-18(10-12-22)23-15-20(17-44-23)26-35-31(39-37-26)46-29(42)28(41)33-21-7-4-3-5-8-21/h2-5,7-17,24,29,42H,1,6H2,(H,32,40)(H,33,41)(H,34,36,38)(H,35,37,39). The highest BCUT2D eigenvalue weighted by molar-refractivity contribution is 8.00. The number of carbonyl (C=O) groups excluding carboxylic acids is 2. The molecule has 0 spiro atoms. The lowest BCUT2D eigenvalue weighted by Gasteiger charge is -2.13. The minimum atomic E-state index is -1.41. The minimum absolute atomic E-state index is 0.197. The summed E-state index contributed by atoms with van der Waals surface area (Å²) in [6, 6.07) is 19.6. The van der Waals surface area contributed by atoms with E-state index in [0.29, 0.717) is 45.9 Å². The summed E-state index contributed by atoms with van der Waals surface area (Å²) in [5.41, 5.74) is 1.94. The number of carbonyl (C=O) groups is 2. The van der Waals surface area contributed by atoms with Gasteiger partial charge >= 0.3 is 0 Å². The van der Waals surface area contributed by atoms with E-state index in [1.165, 1.54) is 18.0 Å². The molecule has 5 N–H and O–H groups in total. The number of rotatable bonds is 13. The summed E-state index contributed by atoms with van der Waals surface area (Å²) in [5.74, 6) is 0.729. The Morgan fingerprint density at radius 1 is 0.848 bits per heavy atom. The van der Waals surface area contributed by atoms with Crippen molar-refractivity contribution in [1.82, 2.24) is 30.4 Å². The summed E-state index contributed by atoms with van der Waals surface area (Å²) in [6.07, 6.45) is 6.73. The van der Waals surface area contributed by atoms with Gasteiger partial charge in [-0.25, -0.2) is 9.97 Å². The summed E-state index contributed by atoms with van der Waals surface area (Å²) < 4.78 is 10.8. The topological polar surface area (TPSA) is 188 Å². The number of hydrogen-bond donors (Lipinski definition) is 5. The second-order valence-electron chi connectivity index (χ2n) is 9.67. The zero-order valence-electron chi connectivity index (χ0n) is 23.9. The Kier molecular flexibility index (Phi) is 9.43.